The molecule has 0 radical (unpaired) electrons. The van der Waals surface area contributed by atoms with E-state index < -0.39 is 5.97 Å². The number of amides is 1. The van der Waals surface area contributed by atoms with Gasteiger partial charge in [-0.3, -0.25) is 9.59 Å². The Morgan fingerprint density at radius 1 is 1.39 bits per heavy atom. The van der Waals surface area contributed by atoms with Gasteiger partial charge in [0.15, 0.2) is 0 Å². The van der Waals surface area contributed by atoms with E-state index in [1.807, 2.05) is 0 Å². The molecular formula is C16H16ClNO5. The van der Waals surface area contributed by atoms with Crippen molar-refractivity contribution in [3.05, 3.63) is 46.4 Å². The summed E-state index contributed by atoms with van der Waals surface area (Å²) in [6.45, 7) is 1.69. The molecule has 0 fully saturated rings. The molecule has 0 aliphatic carbocycles. The van der Waals surface area contributed by atoms with Crippen molar-refractivity contribution < 1.29 is 23.8 Å². The first-order valence-corrected chi connectivity index (χ1v) is 7.13. The number of carbonyl (C=O) groups is 2. The summed E-state index contributed by atoms with van der Waals surface area (Å²) >= 11 is 6.08. The average Bonchev–Trinajstić information content (AvgIpc) is 2.85. The Bertz CT molecular complexity index is 753. The third-order valence-corrected chi connectivity index (χ3v) is 3.70. The first kappa shape index (κ1) is 16.9. The van der Waals surface area contributed by atoms with Crippen LogP contribution in [0.15, 0.2) is 28.9 Å². The van der Waals surface area contributed by atoms with Gasteiger partial charge in [0.1, 0.15) is 17.9 Å². The highest BCUT2D eigenvalue weighted by Gasteiger charge is 2.24. The highest BCUT2D eigenvalue weighted by molar-refractivity contribution is 6.32. The van der Waals surface area contributed by atoms with E-state index in [1.54, 1.807) is 32.2 Å². The fourth-order valence-corrected chi connectivity index (χ4v) is 2.45. The zero-order valence-electron chi connectivity index (χ0n) is 12.9. The summed E-state index contributed by atoms with van der Waals surface area (Å²) in [4.78, 5) is 25.0. The minimum Gasteiger partial charge on any atom is -0.495 e. The largest absolute Gasteiger partial charge is 0.495 e. The number of rotatable bonds is 5. The summed E-state index contributed by atoms with van der Waals surface area (Å²) in [5.41, 5.74) is 1.39. The lowest BCUT2D eigenvalue weighted by Gasteiger charge is -2.18. The molecule has 122 valence electrons. The summed E-state index contributed by atoms with van der Waals surface area (Å²) < 4.78 is 10.3. The molecular weight excluding hydrogens is 322 g/mol. The van der Waals surface area contributed by atoms with E-state index in [0.29, 0.717) is 22.0 Å². The first-order chi connectivity index (χ1) is 10.8. The molecule has 1 aromatic heterocycles. The molecule has 0 saturated carbocycles. The molecule has 1 N–H and O–H groups in total. The number of aliphatic carboxylic acids is 1. The molecule has 2 aromatic rings. The molecule has 0 aliphatic heterocycles. The number of ether oxygens (including phenoxy) is 1. The maximum atomic E-state index is 12.7. The number of nitrogens with zero attached hydrogens (tertiary/aromatic N) is 1. The molecule has 1 heterocycles. The van der Waals surface area contributed by atoms with Gasteiger partial charge in [-0.25, -0.2) is 0 Å². The first-order valence-electron chi connectivity index (χ1n) is 6.75. The lowest BCUT2D eigenvalue weighted by molar-refractivity contribution is -0.136. The Morgan fingerprint density at radius 3 is 2.65 bits per heavy atom. The zero-order chi connectivity index (χ0) is 17.1. The molecule has 0 bridgehead atoms. The van der Waals surface area contributed by atoms with Gasteiger partial charge >= 0.3 is 5.97 Å². The normalized spacial score (nSPS) is 10.4. The summed E-state index contributed by atoms with van der Waals surface area (Å²) in [5.74, 6) is -0.800. The van der Waals surface area contributed by atoms with Gasteiger partial charge in [0.2, 0.25) is 0 Å². The van der Waals surface area contributed by atoms with Crippen LogP contribution in [0.4, 0.5) is 5.69 Å². The fourth-order valence-electron chi connectivity index (χ4n) is 2.20. The topological polar surface area (TPSA) is 80.0 Å². The number of furan rings is 1. The molecule has 0 atom stereocenters. The second kappa shape index (κ2) is 6.75. The molecule has 23 heavy (non-hydrogen) atoms. The van der Waals surface area contributed by atoms with Crippen LogP contribution in [0.1, 0.15) is 21.7 Å². The lowest BCUT2D eigenvalue weighted by atomic mass is 10.1. The summed E-state index contributed by atoms with van der Waals surface area (Å²) in [6, 6.07) is 4.95. The van der Waals surface area contributed by atoms with E-state index in [0.717, 1.165) is 0 Å². The van der Waals surface area contributed by atoms with E-state index in [9.17, 15) is 9.59 Å². The highest BCUT2D eigenvalue weighted by atomic mass is 35.5. The van der Waals surface area contributed by atoms with Gasteiger partial charge in [-0.2, -0.15) is 0 Å². The number of methoxy groups -OCH3 is 1. The number of carboxylic acid groups (broad SMARTS) is 1. The number of carbonyl (C=O) groups excluding carboxylic acids is 1. The monoisotopic (exact) mass is 337 g/mol. The lowest BCUT2D eigenvalue weighted by Crippen LogP contribution is -2.27. The molecule has 0 spiro atoms. The van der Waals surface area contributed by atoms with Gasteiger partial charge in [-0.15, -0.1) is 0 Å². The number of anilines is 1. The van der Waals surface area contributed by atoms with E-state index in [2.05, 4.69) is 0 Å². The van der Waals surface area contributed by atoms with E-state index in [4.69, 9.17) is 25.9 Å². The molecule has 1 amide bonds. The predicted octanol–water partition coefficient (Wildman–Crippen LogP) is 3.15. The van der Waals surface area contributed by atoms with Crippen LogP contribution in [0.3, 0.4) is 0 Å². The summed E-state index contributed by atoms with van der Waals surface area (Å²) in [7, 11) is 3.08. The van der Waals surface area contributed by atoms with Crippen molar-refractivity contribution in [2.45, 2.75) is 13.3 Å². The van der Waals surface area contributed by atoms with Crippen LogP contribution in [0, 0.1) is 6.92 Å². The van der Waals surface area contributed by atoms with E-state index in [-0.39, 0.29) is 23.7 Å². The minimum atomic E-state index is -1.07. The minimum absolute atomic E-state index is 0.131. The Balaban J connectivity index is 2.35. The standard InChI is InChI=1S/C16H16ClNO5/c1-9-8-23-13(7-14(19)20)15(9)16(21)18(2)10-4-5-12(22-3)11(17)6-10/h4-6,8H,7H2,1-3H3,(H,19,20). The van der Waals surface area contributed by atoms with E-state index >= 15 is 0 Å². The number of benzene rings is 1. The Kier molecular flexibility index (Phi) is 4.95. The van der Waals surface area contributed by atoms with Gasteiger partial charge in [0, 0.05) is 18.3 Å². The Morgan fingerprint density at radius 2 is 2.09 bits per heavy atom. The summed E-state index contributed by atoms with van der Waals surface area (Å²) in [6.07, 6.45) is 1.02. The van der Waals surface area contributed by atoms with Crippen LogP contribution in [0.25, 0.3) is 0 Å². The number of hydrogen-bond acceptors (Lipinski definition) is 4. The zero-order valence-corrected chi connectivity index (χ0v) is 13.7. The molecule has 0 aliphatic rings. The van der Waals surface area contributed by atoms with Crippen molar-refractivity contribution in [1.82, 2.24) is 0 Å². The highest BCUT2D eigenvalue weighted by Crippen LogP contribution is 2.30. The number of hydrogen-bond donors (Lipinski definition) is 1. The van der Waals surface area contributed by atoms with Crippen molar-refractivity contribution in [3.8, 4) is 5.75 Å². The van der Waals surface area contributed by atoms with Crippen molar-refractivity contribution in [1.29, 1.82) is 0 Å². The van der Waals surface area contributed by atoms with Crippen LogP contribution >= 0.6 is 11.6 Å². The van der Waals surface area contributed by atoms with Crippen LogP contribution in [0.2, 0.25) is 5.02 Å². The average molecular weight is 338 g/mol. The third kappa shape index (κ3) is 3.48. The Hall–Kier alpha value is -2.47. The summed E-state index contributed by atoms with van der Waals surface area (Å²) in [5, 5.41) is 9.29. The van der Waals surface area contributed by atoms with Gasteiger partial charge in [0.25, 0.3) is 5.91 Å². The van der Waals surface area contributed by atoms with Crippen LogP contribution in [-0.4, -0.2) is 31.1 Å². The molecule has 1 aromatic carbocycles. The van der Waals surface area contributed by atoms with Crippen molar-refractivity contribution >= 4 is 29.2 Å². The SMILES string of the molecule is COc1ccc(N(C)C(=O)c2c(C)coc2CC(=O)O)cc1Cl. The second-order valence-corrected chi connectivity index (χ2v) is 5.38. The Labute approximate surface area is 138 Å². The van der Waals surface area contributed by atoms with Gasteiger partial charge < -0.3 is 19.2 Å². The maximum absolute atomic E-state index is 12.7. The van der Waals surface area contributed by atoms with Crippen LogP contribution < -0.4 is 9.64 Å². The molecule has 2 rings (SSSR count). The maximum Gasteiger partial charge on any atom is 0.311 e. The fraction of sp³-hybridized carbons (Fsp3) is 0.250. The van der Waals surface area contributed by atoms with E-state index in [1.165, 1.54) is 18.3 Å². The van der Waals surface area contributed by atoms with Crippen molar-refractivity contribution in [2.24, 2.45) is 0 Å². The van der Waals surface area contributed by atoms with Gasteiger partial charge in [0.05, 0.1) is 24.0 Å². The number of halogens is 1. The molecule has 0 unspecified atom stereocenters. The predicted molar refractivity (Wildman–Crippen MR) is 85.5 cm³/mol. The molecule has 6 nitrogen and oxygen atoms in total. The van der Waals surface area contributed by atoms with Crippen LogP contribution in [-0.2, 0) is 11.2 Å². The smallest absolute Gasteiger partial charge is 0.311 e. The second-order valence-electron chi connectivity index (χ2n) is 4.97. The quantitative estimate of drug-likeness (QED) is 0.906. The number of carboxylic acids is 1. The molecule has 7 heteroatoms. The van der Waals surface area contributed by atoms with Crippen molar-refractivity contribution in [2.75, 3.05) is 19.1 Å². The number of aryl methyl sites for hydroxylation is 1. The van der Waals surface area contributed by atoms with Gasteiger partial charge in [-0.1, -0.05) is 11.6 Å². The van der Waals surface area contributed by atoms with Crippen molar-refractivity contribution in [3.63, 3.8) is 0 Å². The van der Waals surface area contributed by atoms with Gasteiger partial charge in [-0.05, 0) is 25.1 Å². The molecule has 0 saturated heterocycles. The van der Waals surface area contributed by atoms with Crippen LogP contribution in [0.5, 0.6) is 5.75 Å². The third-order valence-electron chi connectivity index (χ3n) is 3.40.